The minimum atomic E-state index is -0.113. The molecule has 0 radical (unpaired) electrons. The van der Waals surface area contributed by atoms with E-state index in [9.17, 15) is 0 Å². The van der Waals surface area contributed by atoms with Gasteiger partial charge >= 0.3 is 0 Å². The zero-order valence-electron chi connectivity index (χ0n) is 19.0. The van der Waals surface area contributed by atoms with Crippen LogP contribution in [0.25, 0.3) is 10.8 Å². The highest BCUT2D eigenvalue weighted by Gasteiger charge is 2.20. The molecule has 0 saturated heterocycles. The normalized spacial score (nSPS) is 18.8. The number of rotatable bonds is 8. The van der Waals surface area contributed by atoms with Gasteiger partial charge in [0, 0.05) is 5.39 Å². The lowest BCUT2D eigenvalue weighted by Gasteiger charge is -2.27. The molecular weight excluding hydrogens is 395 g/mol. The lowest BCUT2D eigenvalue weighted by Crippen LogP contribution is -2.11. The van der Waals surface area contributed by atoms with Crippen molar-refractivity contribution in [1.29, 1.82) is 0 Å². The molecule has 0 spiro atoms. The molecule has 1 saturated carbocycles. The van der Waals surface area contributed by atoms with Crippen LogP contribution in [-0.2, 0) is 12.8 Å². The molecule has 1 nitrogen and oxygen atoms in total. The molecule has 0 N–H and O–H groups in total. The second-order valence-electron chi connectivity index (χ2n) is 8.89. The molecular formula is C30H33FO. The van der Waals surface area contributed by atoms with Crippen LogP contribution in [0.15, 0.2) is 79.4 Å². The zero-order chi connectivity index (χ0) is 22.3. The number of hydrogen-bond donors (Lipinski definition) is 0. The highest BCUT2D eigenvalue weighted by molar-refractivity contribution is 5.85. The molecule has 1 fully saturated rings. The van der Waals surface area contributed by atoms with E-state index in [1.54, 1.807) is 0 Å². The lowest BCUT2D eigenvalue weighted by atomic mass is 9.78. The molecule has 0 bridgehead atoms. The van der Waals surface area contributed by atoms with E-state index in [0.717, 1.165) is 23.1 Å². The zero-order valence-corrected chi connectivity index (χ0v) is 19.0. The van der Waals surface area contributed by atoms with Crippen molar-refractivity contribution in [2.75, 3.05) is 6.61 Å². The van der Waals surface area contributed by atoms with Crippen molar-refractivity contribution in [1.82, 2.24) is 0 Å². The van der Waals surface area contributed by atoms with Gasteiger partial charge in [-0.05, 0) is 97.6 Å². The van der Waals surface area contributed by atoms with Gasteiger partial charge in [-0.25, -0.2) is 4.39 Å². The standard InChI is InChI=1S/C30H33FO/c1-3-5-20-32-28-18-19-29-27(21-28)17-16-26(30(29)31)15-10-23-8-13-25(14-9-23)24-11-6-22(4-2)7-12-24/h3-5,8-9,13-14,16-19,21-22,24H,2,6-7,10-12,15,20H2,1H3. The quantitative estimate of drug-likeness (QED) is 0.329. The number of allylic oxidation sites excluding steroid dienone is 2. The first kappa shape index (κ1) is 22.3. The van der Waals surface area contributed by atoms with Crippen LogP contribution in [0.3, 0.4) is 0 Å². The molecule has 3 aromatic rings. The summed E-state index contributed by atoms with van der Waals surface area (Å²) in [6.07, 6.45) is 12.6. The first-order valence-corrected chi connectivity index (χ1v) is 11.8. The summed E-state index contributed by atoms with van der Waals surface area (Å²) in [5.41, 5.74) is 3.48. The fourth-order valence-corrected chi connectivity index (χ4v) is 4.76. The third-order valence-corrected chi connectivity index (χ3v) is 6.83. The summed E-state index contributed by atoms with van der Waals surface area (Å²) in [7, 11) is 0. The monoisotopic (exact) mass is 428 g/mol. The van der Waals surface area contributed by atoms with E-state index in [1.165, 1.54) is 36.8 Å². The van der Waals surface area contributed by atoms with E-state index < -0.39 is 0 Å². The molecule has 32 heavy (non-hydrogen) atoms. The molecule has 0 amide bonds. The van der Waals surface area contributed by atoms with E-state index in [1.807, 2.05) is 49.4 Å². The molecule has 0 aromatic heterocycles. The fraction of sp³-hybridized carbons (Fsp3) is 0.333. The smallest absolute Gasteiger partial charge is 0.134 e. The summed E-state index contributed by atoms with van der Waals surface area (Å²) in [4.78, 5) is 0. The summed E-state index contributed by atoms with van der Waals surface area (Å²) >= 11 is 0. The maximum atomic E-state index is 15.1. The molecule has 1 aliphatic carbocycles. The van der Waals surface area contributed by atoms with Crippen molar-refractivity contribution < 1.29 is 9.13 Å². The van der Waals surface area contributed by atoms with Crippen molar-refractivity contribution >= 4 is 10.8 Å². The number of benzene rings is 3. The molecule has 0 heterocycles. The van der Waals surface area contributed by atoms with Crippen molar-refractivity contribution in [2.45, 2.75) is 51.4 Å². The minimum Gasteiger partial charge on any atom is -0.490 e. The molecule has 4 rings (SSSR count). The van der Waals surface area contributed by atoms with Crippen molar-refractivity contribution in [3.63, 3.8) is 0 Å². The van der Waals surface area contributed by atoms with Crippen LogP contribution in [0.1, 0.15) is 55.2 Å². The Kier molecular flexibility index (Phi) is 7.42. The Balaban J connectivity index is 1.38. The van der Waals surface area contributed by atoms with Crippen LogP contribution in [0.5, 0.6) is 5.75 Å². The first-order chi connectivity index (χ1) is 15.7. The Hall–Kier alpha value is -2.87. The summed E-state index contributed by atoms with van der Waals surface area (Å²) in [5.74, 6) is 2.02. The summed E-state index contributed by atoms with van der Waals surface area (Å²) in [6, 6.07) is 18.5. The van der Waals surface area contributed by atoms with Gasteiger partial charge in [0.25, 0.3) is 0 Å². The van der Waals surface area contributed by atoms with E-state index in [0.29, 0.717) is 30.2 Å². The lowest BCUT2D eigenvalue weighted by molar-refractivity contribution is 0.363. The van der Waals surface area contributed by atoms with E-state index in [2.05, 4.69) is 36.9 Å². The van der Waals surface area contributed by atoms with Crippen LogP contribution >= 0.6 is 0 Å². The Morgan fingerprint density at radius 1 is 0.969 bits per heavy atom. The van der Waals surface area contributed by atoms with Crippen LogP contribution in [-0.4, -0.2) is 6.61 Å². The maximum absolute atomic E-state index is 15.1. The van der Waals surface area contributed by atoms with Gasteiger partial charge in [-0.2, -0.15) is 0 Å². The second kappa shape index (κ2) is 10.6. The topological polar surface area (TPSA) is 9.23 Å². The Morgan fingerprint density at radius 2 is 1.75 bits per heavy atom. The molecule has 2 heteroatoms. The predicted octanol–water partition coefficient (Wildman–Crippen LogP) is 8.18. The second-order valence-corrected chi connectivity index (χ2v) is 8.89. The van der Waals surface area contributed by atoms with Gasteiger partial charge in [0.15, 0.2) is 0 Å². The Bertz CT molecular complexity index is 1070. The van der Waals surface area contributed by atoms with Gasteiger partial charge in [-0.15, -0.1) is 6.58 Å². The third kappa shape index (κ3) is 5.30. The van der Waals surface area contributed by atoms with Gasteiger partial charge in [0.2, 0.25) is 0 Å². The average molecular weight is 429 g/mol. The number of hydrogen-bond acceptors (Lipinski definition) is 1. The summed E-state index contributed by atoms with van der Waals surface area (Å²) in [5, 5.41) is 1.53. The van der Waals surface area contributed by atoms with E-state index in [-0.39, 0.29) is 5.82 Å². The van der Waals surface area contributed by atoms with Crippen LogP contribution in [0.2, 0.25) is 0 Å². The van der Waals surface area contributed by atoms with Crippen molar-refractivity contribution in [3.8, 4) is 5.75 Å². The number of ether oxygens (including phenoxy) is 1. The van der Waals surface area contributed by atoms with Crippen molar-refractivity contribution in [2.24, 2.45) is 5.92 Å². The Labute approximate surface area is 191 Å². The Morgan fingerprint density at radius 3 is 2.47 bits per heavy atom. The van der Waals surface area contributed by atoms with Gasteiger partial charge in [-0.3, -0.25) is 0 Å². The molecule has 166 valence electrons. The van der Waals surface area contributed by atoms with Crippen LogP contribution in [0.4, 0.5) is 4.39 Å². The highest BCUT2D eigenvalue weighted by atomic mass is 19.1. The van der Waals surface area contributed by atoms with Gasteiger partial charge in [0.05, 0.1) is 0 Å². The summed E-state index contributed by atoms with van der Waals surface area (Å²) in [6.45, 7) is 6.43. The molecule has 0 unspecified atom stereocenters. The molecule has 0 atom stereocenters. The maximum Gasteiger partial charge on any atom is 0.134 e. The number of fused-ring (bicyclic) bond motifs is 1. The molecule has 1 aliphatic rings. The predicted molar refractivity (Wildman–Crippen MR) is 133 cm³/mol. The van der Waals surface area contributed by atoms with E-state index >= 15 is 4.39 Å². The fourth-order valence-electron chi connectivity index (χ4n) is 4.76. The number of aryl methyl sites for hydroxylation is 2. The SMILES string of the molecule is C=CC1CCC(c2ccc(CCc3ccc4cc(OCC=CC)ccc4c3F)cc2)CC1. The first-order valence-electron chi connectivity index (χ1n) is 11.8. The largest absolute Gasteiger partial charge is 0.490 e. The van der Waals surface area contributed by atoms with Gasteiger partial charge in [-0.1, -0.05) is 54.6 Å². The van der Waals surface area contributed by atoms with Crippen LogP contribution in [0, 0.1) is 11.7 Å². The van der Waals surface area contributed by atoms with Crippen molar-refractivity contribution in [3.05, 3.63) is 102 Å². The highest BCUT2D eigenvalue weighted by Crippen LogP contribution is 2.36. The van der Waals surface area contributed by atoms with Gasteiger partial charge in [0.1, 0.15) is 18.2 Å². The van der Waals surface area contributed by atoms with E-state index in [4.69, 9.17) is 4.74 Å². The third-order valence-electron chi connectivity index (χ3n) is 6.83. The molecule has 3 aromatic carbocycles. The van der Waals surface area contributed by atoms with Crippen LogP contribution < -0.4 is 4.74 Å². The van der Waals surface area contributed by atoms with Gasteiger partial charge < -0.3 is 4.74 Å². The number of halogens is 1. The average Bonchev–Trinajstić information content (AvgIpc) is 2.84. The summed E-state index contributed by atoms with van der Waals surface area (Å²) < 4.78 is 20.8. The minimum absolute atomic E-state index is 0.113. The molecule has 0 aliphatic heterocycles.